The molecule has 0 atom stereocenters. The van der Waals surface area contributed by atoms with Crippen LogP contribution in [0.25, 0.3) is 33.4 Å². The third kappa shape index (κ3) is 5.87. The monoisotopic (exact) mass is 835 g/mol. The van der Waals surface area contributed by atoms with Gasteiger partial charge in [0.1, 0.15) is 27.6 Å². The predicted octanol–water partition coefficient (Wildman–Crippen LogP) is 8.94. The minimum absolute atomic E-state index is 0.157. The van der Waals surface area contributed by atoms with Crippen LogP contribution in [0.2, 0.25) is 0 Å². The van der Waals surface area contributed by atoms with Gasteiger partial charge in [-0.1, -0.05) is 91.0 Å². The fraction of sp³-hybridized carbons (Fsp3) is 0.157. The summed E-state index contributed by atoms with van der Waals surface area (Å²) in [5.74, 6) is 0.585. The number of anilines is 5. The summed E-state index contributed by atoms with van der Waals surface area (Å²) in [6, 6.07) is 53.4. The lowest BCUT2D eigenvalue weighted by Gasteiger charge is -2.42. The number of fused-ring (bicyclic) bond motifs is 6. The molecule has 62 heavy (non-hydrogen) atoms. The van der Waals surface area contributed by atoms with Gasteiger partial charge in [-0.2, -0.15) is 13.5 Å². The lowest BCUT2D eigenvalue weighted by Crippen LogP contribution is -2.55. The molecule has 0 spiro atoms. The van der Waals surface area contributed by atoms with Crippen molar-refractivity contribution < 1.29 is 17.4 Å². The minimum Gasteiger partial charge on any atom is -0.456 e. The van der Waals surface area contributed by atoms with E-state index in [0.717, 1.165) is 96.6 Å². The van der Waals surface area contributed by atoms with E-state index in [1.165, 1.54) is 28.3 Å². The highest BCUT2D eigenvalue weighted by molar-refractivity contribution is 7.86. The first-order valence-electron chi connectivity index (χ1n) is 21.3. The van der Waals surface area contributed by atoms with Crippen molar-refractivity contribution in [1.29, 1.82) is 0 Å². The maximum absolute atomic E-state index is 13.1. The molecular formula is C51H43N6O4S+. The van der Waals surface area contributed by atoms with Crippen LogP contribution in [-0.2, 0) is 35.8 Å². The summed E-state index contributed by atoms with van der Waals surface area (Å²) in [5, 5.41) is 13.3. The summed E-state index contributed by atoms with van der Waals surface area (Å²) in [6.07, 6.45) is 3.68. The number of hydrazine groups is 4. The minimum atomic E-state index is -4.59. The van der Waals surface area contributed by atoms with Gasteiger partial charge in [-0.05, 0) is 96.5 Å². The van der Waals surface area contributed by atoms with Crippen LogP contribution in [-0.4, -0.2) is 39.1 Å². The zero-order valence-corrected chi connectivity index (χ0v) is 34.7. The molecule has 0 saturated heterocycles. The lowest BCUT2D eigenvalue weighted by molar-refractivity contribution is 0.483. The molecule has 6 aliphatic rings. The van der Waals surface area contributed by atoms with E-state index in [9.17, 15) is 13.0 Å². The number of hydrogen-bond acceptors (Lipinski definition) is 8. The standard InChI is InChI=1S/C51H42N6O4S/c58-62(59,60)50-20-10-5-15-43(50)51-41-23-21-39(56(52-29-25-35-11-1-6-16-44(35)52)53-30-26-36-12-2-7-17-45(36)53)33-48(41)61-49-34-40(22-24-42(49)51)57(54-31-27-37-13-3-8-18-46(37)54)55-32-28-38-14-4-9-19-47(38)55/h1-24,33-34H,25-32H2/p+1. The Kier molecular flexibility index (Phi) is 8.45. The molecule has 0 bridgehead atoms. The molecule has 306 valence electrons. The quantitative estimate of drug-likeness (QED) is 0.0962. The molecule has 11 heteroatoms. The Hall–Kier alpha value is -7.08. The SMILES string of the molecule is O=S(=O)(O)c1ccccc1-c1c2ccc(=[N+](N3CCc4ccccc43)N3CCc4ccccc43)cc-2oc2cc(N(N3CCc4ccccc43)N3CCc4ccccc43)ccc12. The van der Waals surface area contributed by atoms with E-state index in [-0.39, 0.29) is 4.90 Å². The van der Waals surface area contributed by atoms with Crippen LogP contribution in [0.1, 0.15) is 22.3 Å². The summed E-state index contributed by atoms with van der Waals surface area (Å²) >= 11 is 0. The Labute approximate surface area is 360 Å². The highest BCUT2D eigenvalue weighted by atomic mass is 32.2. The average molecular weight is 836 g/mol. The molecule has 12 rings (SSSR count). The molecule has 1 aliphatic carbocycles. The van der Waals surface area contributed by atoms with Gasteiger partial charge in [0.2, 0.25) is 0 Å². The van der Waals surface area contributed by atoms with Crippen molar-refractivity contribution in [3.05, 3.63) is 185 Å². The van der Waals surface area contributed by atoms with E-state index >= 15 is 0 Å². The fourth-order valence-electron chi connectivity index (χ4n) is 10.2. The van der Waals surface area contributed by atoms with Crippen molar-refractivity contribution in [3.63, 3.8) is 0 Å². The van der Waals surface area contributed by atoms with Gasteiger partial charge in [0.25, 0.3) is 15.5 Å². The molecule has 5 heterocycles. The molecule has 0 aromatic heterocycles. The van der Waals surface area contributed by atoms with E-state index in [4.69, 9.17) is 4.42 Å². The molecule has 0 saturated carbocycles. The maximum Gasteiger partial charge on any atom is 0.295 e. The molecule has 0 fully saturated rings. The highest BCUT2D eigenvalue weighted by Crippen LogP contribution is 2.45. The number of para-hydroxylation sites is 4. The maximum atomic E-state index is 13.1. The van der Waals surface area contributed by atoms with Gasteiger partial charge in [-0.25, -0.2) is 0 Å². The Morgan fingerprint density at radius 2 is 1.05 bits per heavy atom. The van der Waals surface area contributed by atoms with Gasteiger partial charge in [-0.3, -0.25) is 14.6 Å². The summed E-state index contributed by atoms with van der Waals surface area (Å²) in [7, 11) is -4.59. The molecule has 0 unspecified atom stereocenters. The Morgan fingerprint density at radius 3 is 1.65 bits per heavy atom. The van der Waals surface area contributed by atoms with Crippen molar-refractivity contribution in [2.45, 2.75) is 30.6 Å². The molecular weight excluding hydrogens is 793 g/mol. The summed E-state index contributed by atoms with van der Waals surface area (Å²) in [6.45, 7) is 3.21. The van der Waals surface area contributed by atoms with Crippen molar-refractivity contribution in [2.24, 2.45) is 0 Å². The van der Waals surface area contributed by atoms with Crippen LogP contribution in [0.4, 0.5) is 28.4 Å². The fourth-order valence-corrected chi connectivity index (χ4v) is 10.9. The number of nitrogens with zero attached hydrogens (tertiary/aromatic N) is 6. The van der Waals surface area contributed by atoms with Gasteiger partial charge in [-0.15, -0.1) is 10.0 Å². The number of hydrogen-bond donors (Lipinski definition) is 1. The zero-order valence-electron chi connectivity index (χ0n) is 33.9. The summed E-state index contributed by atoms with van der Waals surface area (Å²) < 4.78 is 43.9. The van der Waals surface area contributed by atoms with Crippen LogP contribution >= 0.6 is 0 Å². The second kappa shape index (κ2) is 14.3. The molecule has 6 aromatic rings. The predicted molar refractivity (Wildman–Crippen MR) is 246 cm³/mol. The molecule has 1 N–H and O–H groups in total. The van der Waals surface area contributed by atoms with Crippen LogP contribution < -0.4 is 35.3 Å². The molecule has 10 nitrogen and oxygen atoms in total. The van der Waals surface area contributed by atoms with Gasteiger partial charge in [0.05, 0.1) is 36.2 Å². The zero-order chi connectivity index (χ0) is 41.5. The lowest BCUT2D eigenvalue weighted by atomic mass is 9.93. The third-order valence-corrected chi connectivity index (χ3v) is 13.9. The first kappa shape index (κ1) is 36.7. The Morgan fingerprint density at radius 1 is 0.532 bits per heavy atom. The van der Waals surface area contributed by atoms with Crippen LogP contribution in [0, 0.1) is 0 Å². The molecule has 6 aromatic carbocycles. The van der Waals surface area contributed by atoms with E-state index in [1.807, 2.05) is 18.2 Å². The van der Waals surface area contributed by atoms with E-state index < -0.39 is 10.1 Å². The van der Waals surface area contributed by atoms with Gasteiger partial charge in [0, 0.05) is 52.1 Å². The van der Waals surface area contributed by atoms with Gasteiger partial charge >= 0.3 is 0 Å². The largest absolute Gasteiger partial charge is 0.456 e. The first-order chi connectivity index (χ1) is 30.4. The molecule has 0 amide bonds. The first-order valence-corrected chi connectivity index (χ1v) is 22.8. The van der Waals surface area contributed by atoms with Crippen LogP contribution in [0.5, 0.6) is 0 Å². The van der Waals surface area contributed by atoms with Crippen molar-refractivity contribution in [1.82, 2.24) is 4.79 Å². The summed E-state index contributed by atoms with van der Waals surface area (Å²) in [4.78, 5) is 2.13. The van der Waals surface area contributed by atoms with Crippen LogP contribution in [0.15, 0.2) is 167 Å². The molecule has 0 radical (unpaired) electrons. The second-order valence-electron chi connectivity index (χ2n) is 16.4. The normalized spacial score (nSPS) is 15.3. The topological polar surface area (TPSA) is 86.7 Å². The molecule has 5 aliphatic heterocycles. The van der Waals surface area contributed by atoms with Crippen molar-refractivity contribution in [3.8, 4) is 22.5 Å². The average Bonchev–Trinajstić information content (AvgIpc) is 4.12. The van der Waals surface area contributed by atoms with Gasteiger partial charge < -0.3 is 4.42 Å². The second-order valence-corrected chi connectivity index (χ2v) is 17.8. The number of rotatable bonds is 7. The van der Waals surface area contributed by atoms with Crippen molar-refractivity contribution >= 4 is 49.5 Å². The van der Waals surface area contributed by atoms with Crippen molar-refractivity contribution in [2.75, 3.05) is 51.3 Å². The smallest absolute Gasteiger partial charge is 0.295 e. The van der Waals surface area contributed by atoms with E-state index in [0.29, 0.717) is 22.5 Å². The van der Waals surface area contributed by atoms with Crippen LogP contribution in [0.3, 0.4) is 0 Å². The van der Waals surface area contributed by atoms with E-state index in [1.54, 1.807) is 12.1 Å². The summed E-state index contributed by atoms with van der Waals surface area (Å²) in [5.41, 5.74) is 13.1. The Bertz CT molecular complexity index is 3140. The third-order valence-electron chi connectivity index (χ3n) is 13.0. The van der Waals surface area contributed by atoms with E-state index in [2.05, 4.69) is 151 Å². The highest BCUT2D eigenvalue weighted by Gasteiger charge is 2.38. The number of benzene rings is 7. The van der Waals surface area contributed by atoms with Gasteiger partial charge in [0.15, 0.2) is 0 Å². The Balaban J connectivity index is 1.12.